The standard InChI is InChI=1S/C22H26I3N3O10/c1-9(29)36-4-12(5-37-10(2)30)22(25)15(20(26)33)17(23)19(18(24)16(22)21(27)34)28-13(7-38-11(3)31)6-35-8-14(28)32/h12-13,15H,4-8H2,1-3H3,(H2,26,33)(H2,27,34). The Kier molecular flexibility index (Phi) is 11.8. The van der Waals surface area contributed by atoms with Crippen molar-refractivity contribution in [3.63, 3.8) is 0 Å². The quantitative estimate of drug-likeness (QED) is 0.136. The lowest BCUT2D eigenvalue weighted by atomic mass is 9.72. The van der Waals surface area contributed by atoms with Crippen molar-refractivity contribution in [2.75, 3.05) is 33.0 Å². The molecule has 3 unspecified atom stereocenters. The molecule has 3 amide bonds. The first-order valence-corrected chi connectivity index (χ1v) is 14.3. The first kappa shape index (κ1) is 32.7. The minimum Gasteiger partial charge on any atom is -0.465 e. The summed E-state index contributed by atoms with van der Waals surface area (Å²) >= 11 is 5.59. The molecule has 13 nitrogen and oxygen atoms in total. The van der Waals surface area contributed by atoms with Gasteiger partial charge in [-0.25, -0.2) is 0 Å². The molecule has 1 heterocycles. The Morgan fingerprint density at radius 1 is 1.03 bits per heavy atom. The summed E-state index contributed by atoms with van der Waals surface area (Å²) in [4.78, 5) is 75.2. The molecule has 3 atom stereocenters. The van der Waals surface area contributed by atoms with Crippen molar-refractivity contribution < 1.29 is 47.7 Å². The molecular weight excluding hydrogens is 847 g/mol. The zero-order valence-electron chi connectivity index (χ0n) is 20.6. The molecule has 0 bridgehead atoms. The van der Waals surface area contributed by atoms with Gasteiger partial charge >= 0.3 is 17.9 Å². The van der Waals surface area contributed by atoms with Gasteiger partial charge in [0, 0.05) is 39.4 Å². The van der Waals surface area contributed by atoms with E-state index in [-0.39, 0.29) is 51.5 Å². The number of primary amides is 2. The summed E-state index contributed by atoms with van der Waals surface area (Å²) in [6, 6.07) is -0.771. The fraction of sp³-hybridized carbons (Fsp3) is 0.545. The Morgan fingerprint density at radius 2 is 1.55 bits per heavy atom. The molecule has 0 radical (unpaired) electrons. The van der Waals surface area contributed by atoms with E-state index in [2.05, 4.69) is 0 Å². The Labute approximate surface area is 259 Å². The molecule has 1 aliphatic heterocycles. The monoisotopic (exact) mass is 873 g/mol. The van der Waals surface area contributed by atoms with Crippen LogP contribution in [0.1, 0.15) is 20.8 Å². The van der Waals surface area contributed by atoms with Crippen LogP contribution in [0, 0.1) is 11.8 Å². The number of amides is 3. The van der Waals surface area contributed by atoms with Crippen molar-refractivity contribution in [3.05, 3.63) is 18.4 Å². The Bertz CT molecular complexity index is 1090. The summed E-state index contributed by atoms with van der Waals surface area (Å²) in [7, 11) is 0. The van der Waals surface area contributed by atoms with Gasteiger partial charge in [0.25, 0.3) is 5.91 Å². The van der Waals surface area contributed by atoms with Crippen molar-refractivity contribution in [1.29, 1.82) is 0 Å². The van der Waals surface area contributed by atoms with E-state index in [1.807, 2.05) is 67.8 Å². The van der Waals surface area contributed by atoms with Crippen LogP contribution in [0.4, 0.5) is 0 Å². The molecule has 4 N–H and O–H groups in total. The van der Waals surface area contributed by atoms with Crippen LogP contribution in [-0.4, -0.2) is 83.0 Å². The highest BCUT2D eigenvalue weighted by molar-refractivity contribution is 14.1. The van der Waals surface area contributed by atoms with Gasteiger partial charge in [-0.05, 0) is 45.2 Å². The fourth-order valence-corrected chi connectivity index (χ4v) is 9.88. The molecule has 0 saturated carbocycles. The maximum Gasteiger partial charge on any atom is 0.302 e. The van der Waals surface area contributed by atoms with Gasteiger partial charge in [-0.1, -0.05) is 22.6 Å². The third kappa shape index (κ3) is 7.14. The van der Waals surface area contributed by atoms with Gasteiger partial charge in [0.05, 0.1) is 40.9 Å². The van der Waals surface area contributed by atoms with Crippen molar-refractivity contribution in [1.82, 2.24) is 4.90 Å². The highest BCUT2D eigenvalue weighted by atomic mass is 127. The summed E-state index contributed by atoms with van der Waals surface area (Å²) in [5.74, 6) is -6.34. The van der Waals surface area contributed by atoms with Crippen LogP contribution in [0.15, 0.2) is 18.4 Å². The molecule has 0 aromatic carbocycles. The number of nitrogens with two attached hydrogens (primary N) is 2. The van der Waals surface area contributed by atoms with E-state index in [1.165, 1.54) is 25.7 Å². The van der Waals surface area contributed by atoms with E-state index in [1.54, 1.807) is 0 Å². The summed E-state index contributed by atoms with van der Waals surface area (Å²) in [6.45, 7) is 2.43. The predicted molar refractivity (Wildman–Crippen MR) is 156 cm³/mol. The lowest BCUT2D eigenvalue weighted by Gasteiger charge is -2.47. The van der Waals surface area contributed by atoms with Crippen LogP contribution in [0.5, 0.6) is 0 Å². The van der Waals surface area contributed by atoms with Crippen molar-refractivity contribution in [3.8, 4) is 0 Å². The number of hydrogen-bond acceptors (Lipinski definition) is 10. The molecule has 38 heavy (non-hydrogen) atoms. The second-order valence-corrected chi connectivity index (χ2v) is 12.4. The number of allylic oxidation sites excluding steroid dienone is 1. The Hall–Kier alpha value is -1.55. The third-order valence-electron chi connectivity index (χ3n) is 5.70. The van der Waals surface area contributed by atoms with E-state index >= 15 is 0 Å². The van der Waals surface area contributed by atoms with Crippen molar-refractivity contribution in [2.45, 2.75) is 30.2 Å². The molecule has 210 valence electrons. The normalized spacial score (nSPS) is 23.9. The SMILES string of the molecule is CC(=O)OCC1COCC(=O)N1C1=C(I)C(C(N)=O)C(I)(C(COC(C)=O)COC(C)=O)C(C(N)=O)=C1I. The zero-order valence-corrected chi connectivity index (χ0v) is 27.1. The topological polar surface area (TPSA) is 195 Å². The van der Waals surface area contributed by atoms with Gasteiger partial charge in [-0.15, -0.1) is 0 Å². The van der Waals surface area contributed by atoms with Crippen molar-refractivity contribution in [2.24, 2.45) is 23.3 Å². The number of carbonyl (C=O) groups is 6. The Balaban J connectivity index is 2.80. The summed E-state index contributed by atoms with van der Waals surface area (Å²) in [5, 5.41) is 0. The largest absolute Gasteiger partial charge is 0.465 e. The smallest absolute Gasteiger partial charge is 0.302 e. The fourth-order valence-electron chi connectivity index (χ4n) is 4.15. The molecule has 0 aromatic rings. The number of rotatable bonds is 10. The molecular formula is C22H26I3N3O10. The van der Waals surface area contributed by atoms with Crippen LogP contribution in [0.2, 0.25) is 0 Å². The molecule has 0 aromatic heterocycles. The molecule has 2 aliphatic rings. The van der Waals surface area contributed by atoms with Gasteiger partial charge < -0.3 is 30.4 Å². The van der Waals surface area contributed by atoms with E-state index in [4.69, 9.17) is 30.4 Å². The first-order valence-electron chi connectivity index (χ1n) is 11.0. The highest BCUT2D eigenvalue weighted by Crippen LogP contribution is 2.56. The number of ether oxygens (including phenoxy) is 4. The molecule has 16 heteroatoms. The number of hydrogen-bond donors (Lipinski definition) is 2. The van der Waals surface area contributed by atoms with Gasteiger partial charge in [-0.3, -0.25) is 33.7 Å². The minimum absolute atomic E-state index is 0.0143. The van der Waals surface area contributed by atoms with E-state index in [9.17, 15) is 28.8 Å². The van der Waals surface area contributed by atoms with Crippen LogP contribution >= 0.6 is 67.8 Å². The number of nitrogens with zero attached hydrogens (tertiary/aromatic N) is 1. The average Bonchev–Trinajstić information content (AvgIpc) is 2.77. The van der Waals surface area contributed by atoms with E-state index in [0.29, 0.717) is 0 Å². The van der Waals surface area contributed by atoms with E-state index < -0.39 is 56.9 Å². The first-order chi connectivity index (χ1) is 17.6. The molecule has 1 fully saturated rings. The number of alkyl halides is 1. The van der Waals surface area contributed by atoms with Gasteiger partial charge in [0.15, 0.2) is 0 Å². The van der Waals surface area contributed by atoms with Crippen LogP contribution < -0.4 is 11.5 Å². The third-order valence-corrected chi connectivity index (χ3v) is 9.93. The van der Waals surface area contributed by atoms with Gasteiger partial charge in [0.2, 0.25) is 11.8 Å². The maximum absolute atomic E-state index is 13.1. The number of carbonyl (C=O) groups excluding carboxylic acids is 6. The number of morpholine rings is 1. The zero-order chi connectivity index (χ0) is 28.9. The lowest BCUT2D eigenvalue weighted by molar-refractivity contribution is -0.154. The maximum atomic E-state index is 13.1. The average molecular weight is 873 g/mol. The lowest BCUT2D eigenvalue weighted by Crippen LogP contribution is -2.57. The van der Waals surface area contributed by atoms with Crippen LogP contribution in [-0.2, 0) is 47.7 Å². The number of halogens is 3. The highest BCUT2D eigenvalue weighted by Gasteiger charge is 2.58. The van der Waals surface area contributed by atoms with Crippen molar-refractivity contribution >= 4 is 103 Å². The van der Waals surface area contributed by atoms with E-state index in [0.717, 1.165) is 0 Å². The van der Waals surface area contributed by atoms with Gasteiger partial charge in [-0.2, -0.15) is 0 Å². The molecule has 1 aliphatic carbocycles. The second-order valence-electron chi connectivity index (χ2n) is 8.39. The number of esters is 3. The molecule has 1 saturated heterocycles. The molecule has 0 spiro atoms. The van der Waals surface area contributed by atoms with Crippen LogP contribution in [0.3, 0.4) is 0 Å². The van der Waals surface area contributed by atoms with Gasteiger partial charge in [0.1, 0.15) is 13.2 Å². The Morgan fingerprint density at radius 3 is 2.00 bits per heavy atom. The summed E-state index contributed by atoms with van der Waals surface area (Å²) < 4.78 is 19.8. The summed E-state index contributed by atoms with van der Waals surface area (Å²) in [6.07, 6.45) is 0. The summed E-state index contributed by atoms with van der Waals surface area (Å²) in [5.41, 5.74) is 11.8. The molecule has 2 rings (SSSR count). The van der Waals surface area contributed by atoms with Crippen LogP contribution in [0.25, 0.3) is 0 Å². The minimum atomic E-state index is -1.54. The predicted octanol–water partition coefficient (Wildman–Crippen LogP) is 0.629. The second kappa shape index (κ2) is 13.7.